The first-order valence-electron chi connectivity index (χ1n) is 6.82. The van der Waals surface area contributed by atoms with Crippen molar-refractivity contribution >= 4 is 29.2 Å². The van der Waals surface area contributed by atoms with E-state index in [0.29, 0.717) is 13.1 Å². The first-order chi connectivity index (χ1) is 9.47. The van der Waals surface area contributed by atoms with Crippen LogP contribution in [0.1, 0.15) is 29.3 Å². The summed E-state index contributed by atoms with van der Waals surface area (Å²) >= 11 is 12.5. The average molecular weight is 316 g/mol. The van der Waals surface area contributed by atoms with Gasteiger partial charge in [-0.2, -0.15) is 0 Å². The van der Waals surface area contributed by atoms with Gasteiger partial charge in [-0.1, -0.05) is 23.7 Å². The summed E-state index contributed by atoms with van der Waals surface area (Å²) < 4.78 is 0. The van der Waals surface area contributed by atoms with Gasteiger partial charge in [0.2, 0.25) is 0 Å². The fourth-order valence-corrected chi connectivity index (χ4v) is 3.07. The van der Waals surface area contributed by atoms with Crippen LogP contribution in [0.2, 0.25) is 5.02 Å². The van der Waals surface area contributed by atoms with Crippen molar-refractivity contribution in [2.75, 3.05) is 19.6 Å². The van der Waals surface area contributed by atoms with Crippen LogP contribution >= 0.6 is 23.2 Å². The maximum atomic E-state index is 11.1. The monoisotopic (exact) mass is 315 g/mol. The van der Waals surface area contributed by atoms with E-state index in [2.05, 4.69) is 4.90 Å². The number of carboxylic acids is 1. The Bertz CT molecular complexity index is 493. The smallest absolute Gasteiger partial charge is 0.307 e. The van der Waals surface area contributed by atoms with Crippen molar-refractivity contribution in [2.45, 2.75) is 25.1 Å². The highest BCUT2D eigenvalue weighted by atomic mass is 35.5. The first kappa shape index (κ1) is 15.6. The standard InChI is InChI=1S/C15H19Cl2NO2/c1-10-7-11(4-5-13(10)16)14(17)9-18-6-2-3-12(8-18)15(19)20/h4-5,7,12,14H,2-3,6,8-9H2,1H3,(H,19,20). The summed E-state index contributed by atoms with van der Waals surface area (Å²) in [5.41, 5.74) is 2.04. The van der Waals surface area contributed by atoms with Gasteiger partial charge in [0.25, 0.3) is 0 Å². The fraction of sp³-hybridized carbons (Fsp3) is 0.533. The summed E-state index contributed by atoms with van der Waals surface area (Å²) in [6.45, 7) is 4.13. The number of rotatable bonds is 4. The molecule has 0 aromatic heterocycles. The summed E-state index contributed by atoms with van der Waals surface area (Å²) in [6, 6.07) is 5.79. The van der Waals surface area contributed by atoms with Gasteiger partial charge < -0.3 is 10.0 Å². The molecule has 1 aliphatic heterocycles. The molecule has 0 spiro atoms. The van der Waals surface area contributed by atoms with E-state index in [1.54, 1.807) is 0 Å². The lowest BCUT2D eigenvalue weighted by molar-refractivity contribution is -0.143. The number of hydrogen-bond donors (Lipinski definition) is 1. The molecule has 1 heterocycles. The maximum absolute atomic E-state index is 11.1. The van der Waals surface area contributed by atoms with Gasteiger partial charge in [0.1, 0.15) is 0 Å². The Hall–Kier alpha value is -0.770. The van der Waals surface area contributed by atoms with E-state index < -0.39 is 5.97 Å². The van der Waals surface area contributed by atoms with E-state index in [9.17, 15) is 4.79 Å². The zero-order valence-corrected chi connectivity index (χ0v) is 13.0. The molecule has 2 unspecified atom stereocenters. The number of carbonyl (C=O) groups is 1. The Balaban J connectivity index is 1.98. The van der Waals surface area contributed by atoms with Crippen molar-refractivity contribution < 1.29 is 9.90 Å². The SMILES string of the molecule is Cc1cc(C(Cl)CN2CCCC(C(=O)O)C2)ccc1Cl. The molecular formula is C15H19Cl2NO2. The second kappa shape index (κ2) is 6.79. The second-order valence-corrected chi connectivity index (χ2v) is 6.35. The lowest BCUT2D eigenvalue weighted by atomic mass is 9.97. The van der Waals surface area contributed by atoms with E-state index in [1.807, 2.05) is 25.1 Å². The lowest BCUT2D eigenvalue weighted by Crippen LogP contribution is -2.40. The van der Waals surface area contributed by atoms with Gasteiger partial charge in [-0.3, -0.25) is 4.79 Å². The first-order valence-corrected chi connectivity index (χ1v) is 7.64. The average Bonchev–Trinajstić information content (AvgIpc) is 2.42. The Labute approximate surface area is 129 Å². The highest BCUT2D eigenvalue weighted by Gasteiger charge is 2.26. The summed E-state index contributed by atoms with van der Waals surface area (Å²) in [6.07, 6.45) is 1.68. The van der Waals surface area contributed by atoms with Crippen molar-refractivity contribution in [1.29, 1.82) is 0 Å². The number of likely N-dealkylation sites (tertiary alicyclic amines) is 1. The Kier molecular flexibility index (Phi) is 5.30. The van der Waals surface area contributed by atoms with Crippen molar-refractivity contribution in [3.63, 3.8) is 0 Å². The predicted molar refractivity (Wildman–Crippen MR) is 81.6 cm³/mol. The molecular weight excluding hydrogens is 297 g/mol. The van der Waals surface area contributed by atoms with Crippen molar-refractivity contribution in [3.8, 4) is 0 Å². The van der Waals surface area contributed by atoms with Gasteiger partial charge in [0, 0.05) is 18.1 Å². The van der Waals surface area contributed by atoms with Gasteiger partial charge in [-0.05, 0) is 43.5 Å². The molecule has 110 valence electrons. The molecule has 1 aromatic carbocycles. The van der Waals surface area contributed by atoms with Crippen LogP contribution in [0, 0.1) is 12.8 Å². The van der Waals surface area contributed by atoms with E-state index in [0.717, 1.165) is 35.5 Å². The largest absolute Gasteiger partial charge is 0.481 e. The van der Waals surface area contributed by atoms with Gasteiger partial charge in [0.15, 0.2) is 0 Å². The summed E-state index contributed by atoms with van der Waals surface area (Å²) in [7, 11) is 0. The van der Waals surface area contributed by atoms with Crippen LogP contribution in [0.15, 0.2) is 18.2 Å². The molecule has 5 heteroatoms. The molecule has 0 bridgehead atoms. The van der Waals surface area contributed by atoms with Gasteiger partial charge in [-0.25, -0.2) is 0 Å². The number of piperidine rings is 1. The Morgan fingerprint density at radius 2 is 2.30 bits per heavy atom. The molecule has 1 saturated heterocycles. The van der Waals surface area contributed by atoms with Crippen LogP contribution in [-0.2, 0) is 4.79 Å². The number of hydrogen-bond acceptors (Lipinski definition) is 2. The van der Waals surface area contributed by atoms with Crippen LogP contribution in [0.5, 0.6) is 0 Å². The number of nitrogens with zero attached hydrogens (tertiary/aromatic N) is 1. The van der Waals surface area contributed by atoms with E-state index >= 15 is 0 Å². The molecule has 1 aromatic rings. The molecule has 3 nitrogen and oxygen atoms in total. The molecule has 0 amide bonds. The predicted octanol–water partition coefficient (Wildman–Crippen LogP) is 3.72. The van der Waals surface area contributed by atoms with Crippen LogP contribution in [0.3, 0.4) is 0 Å². The topological polar surface area (TPSA) is 40.5 Å². The number of alkyl halides is 1. The normalized spacial score (nSPS) is 21.6. The molecule has 0 saturated carbocycles. The zero-order valence-electron chi connectivity index (χ0n) is 11.5. The molecule has 1 fully saturated rings. The van der Waals surface area contributed by atoms with Crippen LogP contribution in [-0.4, -0.2) is 35.6 Å². The fourth-order valence-electron chi connectivity index (χ4n) is 2.62. The van der Waals surface area contributed by atoms with Crippen molar-refractivity contribution in [2.24, 2.45) is 5.92 Å². The molecule has 2 rings (SSSR count). The zero-order chi connectivity index (χ0) is 14.7. The van der Waals surface area contributed by atoms with Crippen LogP contribution < -0.4 is 0 Å². The van der Waals surface area contributed by atoms with Crippen molar-refractivity contribution in [3.05, 3.63) is 34.3 Å². The number of aliphatic carboxylic acids is 1. The highest BCUT2D eigenvalue weighted by molar-refractivity contribution is 6.31. The Morgan fingerprint density at radius 1 is 1.55 bits per heavy atom. The summed E-state index contributed by atoms with van der Waals surface area (Å²) in [5.74, 6) is -0.970. The minimum absolute atomic E-state index is 0.140. The van der Waals surface area contributed by atoms with Crippen LogP contribution in [0.4, 0.5) is 0 Å². The molecule has 0 radical (unpaired) electrons. The maximum Gasteiger partial charge on any atom is 0.307 e. The molecule has 2 atom stereocenters. The van der Waals surface area contributed by atoms with E-state index in [4.69, 9.17) is 28.3 Å². The quantitative estimate of drug-likeness (QED) is 0.861. The number of aryl methyl sites for hydroxylation is 1. The number of halogens is 2. The summed E-state index contributed by atoms with van der Waals surface area (Å²) in [5, 5.41) is 9.70. The minimum Gasteiger partial charge on any atom is -0.481 e. The van der Waals surface area contributed by atoms with Gasteiger partial charge >= 0.3 is 5.97 Å². The lowest BCUT2D eigenvalue weighted by Gasteiger charge is -2.32. The highest BCUT2D eigenvalue weighted by Crippen LogP contribution is 2.27. The number of benzene rings is 1. The Morgan fingerprint density at radius 3 is 2.95 bits per heavy atom. The molecule has 1 N–H and O–H groups in total. The van der Waals surface area contributed by atoms with E-state index in [-0.39, 0.29) is 11.3 Å². The van der Waals surface area contributed by atoms with Crippen LogP contribution in [0.25, 0.3) is 0 Å². The number of carboxylic acid groups (broad SMARTS) is 1. The summed E-state index contributed by atoms with van der Waals surface area (Å²) in [4.78, 5) is 13.2. The van der Waals surface area contributed by atoms with E-state index in [1.165, 1.54) is 0 Å². The van der Waals surface area contributed by atoms with Crippen molar-refractivity contribution in [1.82, 2.24) is 4.90 Å². The molecule has 1 aliphatic rings. The third-order valence-electron chi connectivity index (χ3n) is 3.82. The molecule has 20 heavy (non-hydrogen) atoms. The molecule has 0 aliphatic carbocycles. The third-order valence-corrected chi connectivity index (χ3v) is 4.63. The second-order valence-electron chi connectivity index (χ2n) is 5.41. The minimum atomic E-state index is -0.705. The van der Waals surface area contributed by atoms with Gasteiger partial charge in [0.05, 0.1) is 11.3 Å². The third kappa shape index (κ3) is 3.87. The van der Waals surface area contributed by atoms with Gasteiger partial charge in [-0.15, -0.1) is 11.6 Å².